The van der Waals surface area contributed by atoms with Crippen LogP contribution in [0.25, 0.3) is 0 Å². The molecular weight excluding hydrogens is 398 g/mol. The molecule has 9 nitrogen and oxygen atoms in total. The van der Waals surface area contributed by atoms with Gasteiger partial charge in [0.1, 0.15) is 23.9 Å². The second kappa shape index (κ2) is 10.3. The number of hydrogen-bond acceptors (Lipinski definition) is 7. The van der Waals surface area contributed by atoms with Crippen LogP contribution in [0.2, 0.25) is 0 Å². The first-order chi connectivity index (χ1) is 15.0. The van der Waals surface area contributed by atoms with Gasteiger partial charge in [-0.1, -0.05) is 0 Å². The Labute approximate surface area is 180 Å². The first-order valence-corrected chi connectivity index (χ1v) is 9.61. The van der Waals surface area contributed by atoms with Crippen LogP contribution in [0.15, 0.2) is 60.8 Å². The zero-order chi connectivity index (χ0) is 22.2. The van der Waals surface area contributed by atoms with Gasteiger partial charge in [-0.05, 0) is 62.6 Å². The maximum Gasteiger partial charge on any atom is 0.417 e. The van der Waals surface area contributed by atoms with Gasteiger partial charge in [0.2, 0.25) is 5.95 Å². The van der Waals surface area contributed by atoms with Crippen LogP contribution in [0.5, 0.6) is 11.5 Å². The summed E-state index contributed by atoms with van der Waals surface area (Å²) < 4.78 is 10.8. The van der Waals surface area contributed by atoms with Crippen LogP contribution >= 0.6 is 0 Å². The molecule has 0 saturated carbocycles. The number of anilines is 4. The molecule has 31 heavy (non-hydrogen) atoms. The van der Waals surface area contributed by atoms with Gasteiger partial charge in [0, 0.05) is 24.5 Å². The molecule has 2 aromatic carbocycles. The lowest BCUT2D eigenvalue weighted by Gasteiger charge is -2.19. The van der Waals surface area contributed by atoms with E-state index in [2.05, 4.69) is 15.3 Å². The number of nitrogens with one attached hydrogen (secondary N) is 1. The minimum absolute atomic E-state index is 0.221. The summed E-state index contributed by atoms with van der Waals surface area (Å²) in [6, 6.07) is 15.6. The van der Waals surface area contributed by atoms with Crippen LogP contribution < -0.4 is 19.7 Å². The van der Waals surface area contributed by atoms with Gasteiger partial charge in [-0.3, -0.25) is 0 Å². The summed E-state index contributed by atoms with van der Waals surface area (Å²) in [5.41, 5.74) is 1.20. The maximum atomic E-state index is 11.9. The van der Waals surface area contributed by atoms with Gasteiger partial charge >= 0.3 is 6.09 Å². The average molecular weight is 423 g/mol. The fourth-order valence-electron chi connectivity index (χ4n) is 2.72. The van der Waals surface area contributed by atoms with E-state index in [0.717, 1.165) is 22.9 Å². The van der Waals surface area contributed by atoms with Gasteiger partial charge < -0.3 is 24.8 Å². The zero-order valence-electron chi connectivity index (χ0n) is 17.6. The van der Waals surface area contributed by atoms with Crippen molar-refractivity contribution in [2.45, 2.75) is 0 Å². The van der Waals surface area contributed by atoms with Crippen molar-refractivity contribution < 1.29 is 19.4 Å². The number of amides is 1. The largest absolute Gasteiger partial charge is 0.497 e. The Hall–Kier alpha value is -3.85. The van der Waals surface area contributed by atoms with Crippen LogP contribution in [0.1, 0.15) is 0 Å². The summed E-state index contributed by atoms with van der Waals surface area (Å²) in [5.74, 6) is 1.89. The van der Waals surface area contributed by atoms with E-state index in [0.29, 0.717) is 18.0 Å². The highest BCUT2D eigenvalue weighted by atomic mass is 16.5. The molecular formula is C22H25N5O4. The molecule has 0 bridgehead atoms. The highest BCUT2D eigenvalue weighted by molar-refractivity contribution is 5.93. The number of benzene rings is 2. The minimum Gasteiger partial charge on any atom is -0.497 e. The molecule has 1 heterocycles. The summed E-state index contributed by atoms with van der Waals surface area (Å²) in [6.45, 7) is 1.43. The van der Waals surface area contributed by atoms with Crippen LogP contribution in [0.3, 0.4) is 0 Å². The summed E-state index contributed by atoms with van der Waals surface area (Å²) in [4.78, 5) is 23.6. The molecule has 0 radical (unpaired) electrons. The van der Waals surface area contributed by atoms with Crippen LogP contribution in [0.4, 0.5) is 27.9 Å². The average Bonchev–Trinajstić information content (AvgIpc) is 2.75. The number of ether oxygens (including phenoxy) is 2. The lowest BCUT2D eigenvalue weighted by Crippen LogP contribution is -2.24. The number of nitrogens with zero attached hydrogens (tertiary/aromatic N) is 4. The Balaban J connectivity index is 1.73. The van der Waals surface area contributed by atoms with Crippen molar-refractivity contribution in [2.24, 2.45) is 0 Å². The monoisotopic (exact) mass is 423 g/mol. The molecule has 0 spiro atoms. The van der Waals surface area contributed by atoms with Gasteiger partial charge in [-0.25, -0.2) is 14.7 Å². The number of hydrogen-bond donors (Lipinski definition) is 2. The van der Waals surface area contributed by atoms with Crippen molar-refractivity contribution in [3.8, 4) is 11.5 Å². The standard InChI is InChI=1S/C22H25N5O4/c1-26(2)14-15-31-19-8-4-16(5-9-19)24-21-23-13-12-20(25-21)27(22(28)29)17-6-10-18(30-3)11-7-17/h4-13H,14-15H2,1-3H3,(H,28,29)(H,23,24,25). The second-order valence-corrected chi connectivity index (χ2v) is 6.86. The van der Waals surface area contributed by atoms with E-state index >= 15 is 0 Å². The van der Waals surface area contributed by atoms with Crippen molar-refractivity contribution in [3.05, 3.63) is 60.8 Å². The van der Waals surface area contributed by atoms with Crippen LogP contribution in [-0.2, 0) is 0 Å². The Kier molecular flexibility index (Phi) is 7.23. The Morgan fingerprint density at radius 1 is 1.03 bits per heavy atom. The van der Waals surface area contributed by atoms with Gasteiger partial charge in [-0.2, -0.15) is 4.98 Å². The second-order valence-electron chi connectivity index (χ2n) is 6.86. The molecule has 1 aromatic heterocycles. The molecule has 0 atom stereocenters. The predicted molar refractivity (Wildman–Crippen MR) is 119 cm³/mol. The van der Waals surface area contributed by atoms with E-state index < -0.39 is 6.09 Å². The first kappa shape index (κ1) is 21.8. The van der Waals surface area contributed by atoms with E-state index in [9.17, 15) is 9.90 Å². The highest BCUT2D eigenvalue weighted by Gasteiger charge is 2.19. The van der Waals surface area contributed by atoms with Crippen molar-refractivity contribution in [3.63, 3.8) is 0 Å². The number of carboxylic acid groups (broad SMARTS) is 1. The quantitative estimate of drug-likeness (QED) is 0.533. The number of likely N-dealkylation sites (N-methyl/N-ethyl adjacent to an activating group) is 1. The molecule has 2 N–H and O–H groups in total. The van der Waals surface area contributed by atoms with Gasteiger partial charge in [0.15, 0.2) is 0 Å². The first-order valence-electron chi connectivity index (χ1n) is 9.61. The minimum atomic E-state index is -1.16. The zero-order valence-corrected chi connectivity index (χ0v) is 17.6. The SMILES string of the molecule is COc1ccc(N(C(=O)O)c2ccnc(Nc3ccc(OCCN(C)C)cc3)n2)cc1. The van der Waals surface area contributed by atoms with E-state index in [-0.39, 0.29) is 11.8 Å². The molecule has 9 heteroatoms. The van der Waals surface area contributed by atoms with Crippen molar-refractivity contribution >= 4 is 29.2 Å². The topological polar surface area (TPSA) is 100 Å². The molecule has 0 aliphatic rings. The summed E-state index contributed by atoms with van der Waals surface area (Å²) >= 11 is 0. The third-order valence-corrected chi connectivity index (χ3v) is 4.31. The normalized spacial score (nSPS) is 10.6. The lowest BCUT2D eigenvalue weighted by atomic mass is 10.2. The summed E-state index contributed by atoms with van der Waals surface area (Å²) in [6.07, 6.45) is 0.345. The third kappa shape index (κ3) is 6.06. The highest BCUT2D eigenvalue weighted by Crippen LogP contribution is 2.27. The van der Waals surface area contributed by atoms with E-state index in [1.165, 1.54) is 12.3 Å². The van der Waals surface area contributed by atoms with Crippen LogP contribution in [0, 0.1) is 0 Å². The van der Waals surface area contributed by atoms with Gasteiger partial charge in [0.05, 0.1) is 12.8 Å². The van der Waals surface area contributed by atoms with E-state index in [4.69, 9.17) is 9.47 Å². The van der Waals surface area contributed by atoms with Gasteiger partial charge in [-0.15, -0.1) is 0 Å². The number of carbonyl (C=O) groups is 1. The molecule has 0 saturated heterocycles. The number of rotatable bonds is 9. The van der Waals surface area contributed by atoms with Crippen molar-refractivity contribution in [1.82, 2.24) is 14.9 Å². The molecule has 0 unspecified atom stereocenters. The molecule has 0 aliphatic heterocycles. The predicted octanol–water partition coefficient (Wildman–Crippen LogP) is 3.99. The van der Waals surface area contributed by atoms with Crippen LogP contribution in [-0.4, -0.2) is 60.4 Å². The summed E-state index contributed by atoms with van der Waals surface area (Å²) in [7, 11) is 5.53. The Bertz CT molecular complexity index is 994. The van der Waals surface area contributed by atoms with Crippen molar-refractivity contribution in [1.29, 1.82) is 0 Å². The summed E-state index contributed by atoms with van der Waals surface area (Å²) in [5, 5.41) is 12.8. The number of aromatic nitrogens is 2. The fraction of sp³-hybridized carbons (Fsp3) is 0.227. The lowest BCUT2D eigenvalue weighted by molar-refractivity contribution is 0.204. The molecule has 0 fully saturated rings. The molecule has 3 aromatic rings. The fourth-order valence-corrected chi connectivity index (χ4v) is 2.72. The Morgan fingerprint density at radius 2 is 1.71 bits per heavy atom. The smallest absolute Gasteiger partial charge is 0.417 e. The number of methoxy groups -OCH3 is 1. The maximum absolute atomic E-state index is 11.9. The van der Waals surface area contributed by atoms with E-state index in [1.807, 2.05) is 43.3 Å². The Morgan fingerprint density at radius 3 is 2.32 bits per heavy atom. The molecule has 1 amide bonds. The molecule has 0 aliphatic carbocycles. The van der Waals surface area contributed by atoms with E-state index in [1.54, 1.807) is 31.4 Å². The molecule has 162 valence electrons. The van der Waals surface area contributed by atoms with Crippen molar-refractivity contribution in [2.75, 3.05) is 44.6 Å². The van der Waals surface area contributed by atoms with Gasteiger partial charge in [0.25, 0.3) is 0 Å². The third-order valence-electron chi connectivity index (χ3n) is 4.31. The molecule has 3 rings (SSSR count).